The number of hydrogen-bond acceptors (Lipinski definition) is 17. The molecule has 1 saturated heterocycles. The van der Waals surface area contributed by atoms with Gasteiger partial charge in [0.2, 0.25) is 0 Å². The molecule has 3 N–H and O–H groups in total. The van der Waals surface area contributed by atoms with Crippen molar-refractivity contribution in [3.05, 3.63) is 473 Å². The first kappa shape index (κ1) is 98.0. The van der Waals surface area contributed by atoms with Crippen LogP contribution in [0.4, 0.5) is 79.6 Å². The molecule has 0 aromatic heterocycles. The van der Waals surface area contributed by atoms with E-state index in [2.05, 4.69) is 445 Å². The van der Waals surface area contributed by atoms with Crippen molar-refractivity contribution in [3.63, 3.8) is 0 Å². The van der Waals surface area contributed by atoms with E-state index in [9.17, 15) is 20.1 Å². The van der Waals surface area contributed by atoms with Gasteiger partial charge >= 0.3 is 5.97 Å². The number of fused-ring (bicyclic) bond motifs is 10. The van der Waals surface area contributed by atoms with Crippen LogP contribution in [0.25, 0.3) is 27.9 Å². The van der Waals surface area contributed by atoms with Crippen molar-refractivity contribution in [2.45, 2.75) is 66.2 Å². The highest BCUT2D eigenvalue weighted by molar-refractivity contribution is 14.1. The van der Waals surface area contributed by atoms with Crippen LogP contribution in [0.3, 0.4) is 0 Å². The third kappa shape index (κ3) is 21.8. The largest absolute Gasteiger partial charge is 0.508 e. The number of para-hydroxylation sites is 14. The van der Waals surface area contributed by atoms with E-state index in [-0.39, 0.29) is 18.2 Å². The molecule has 6 aliphatic heterocycles. The number of ether oxygens (including phenoxy) is 1. The number of rotatable bonds is 20. The number of anilines is 14. The number of carbonyl (C=O) groups excluding carboxylic acids is 1. The highest BCUT2D eigenvalue weighted by atomic mass is 127. The summed E-state index contributed by atoms with van der Waals surface area (Å²) in [6.45, 7) is 11.6. The predicted octanol–water partition coefficient (Wildman–Crippen LogP) is 33.2. The Hall–Kier alpha value is -11.6. The molecule has 21 rings (SSSR count). The monoisotopic (exact) mass is 2050 g/mol. The van der Waals surface area contributed by atoms with Crippen LogP contribution in [0.1, 0.15) is 109 Å². The lowest BCUT2D eigenvalue weighted by molar-refractivity contribution is -0.139. The number of hydrogen-bond donors (Lipinski definition) is 4. The molecular formula is C120H110IN5O5S7. The lowest BCUT2D eigenvalue weighted by atomic mass is 9.89. The molecule has 0 radical (unpaired) electrons. The maximum atomic E-state index is 11.9. The van der Waals surface area contributed by atoms with Crippen LogP contribution < -0.4 is 24.5 Å². The molecule has 6 aliphatic rings. The lowest BCUT2D eigenvalue weighted by Crippen LogP contribution is -2.23. The fourth-order valence-corrected chi connectivity index (χ4v) is 25.6. The van der Waals surface area contributed by atoms with Crippen molar-refractivity contribution < 1.29 is 24.9 Å². The maximum Gasteiger partial charge on any atom is 0.316 e. The molecule has 15 aromatic carbocycles. The van der Waals surface area contributed by atoms with E-state index in [0.717, 1.165) is 69.2 Å². The third-order valence-electron chi connectivity index (χ3n) is 24.6. The normalized spacial score (nSPS) is 13.9. The van der Waals surface area contributed by atoms with E-state index in [4.69, 9.17) is 4.74 Å². The van der Waals surface area contributed by atoms with Crippen molar-refractivity contribution in [2.24, 2.45) is 0 Å². The van der Waals surface area contributed by atoms with Gasteiger partial charge < -0.3 is 44.6 Å². The molecule has 0 bridgehead atoms. The van der Waals surface area contributed by atoms with Gasteiger partial charge in [0.15, 0.2) is 0 Å². The molecular weight excluding hydrogens is 1940 g/mol. The number of esters is 1. The van der Waals surface area contributed by atoms with Gasteiger partial charge in [0.1, 0.15) is 5.75 Å². The van der Waals surface area contributed by atoms with Crippen LogP contribution in [-0.2, 0) is 16.1 Å². The van der Waals surface area contributed by atoms with Crippen molar-refractivity contribution in [3.8, 4) is 5.75 Å². The Morgan fingerprint density at radius 3 is 1.02 bits per heavy atom. The standard InChI is InChI=1S/C25H23NO2S.C25H25NOS.C24H22INS.C23H19NOS2.C23H21NOS2/c1-3-28-24(27)17-29-18(2)25-20-13-7-9-15-22(20)26(19-11-5-4-6-12-19)23-16-10-8-14-21(23)25;1-3-20(27)17-28-18(2)25-21-13-7-9-15-23(21)26(19-11-5-4-6-12-19)24-16-10-8-14-22(24)25;1-18(27-17-9-16-25)24-20-12-5-7-14-22(20)26(19-10-3-2-4-11-19)23-15-8-6-13-21(23)24;25-17-14-26-23(27-15-17)22-18-10-4-6-12-20(18)24(16-8-2-1-3-9-16)21-13-7-5-11-19(21)22;1-27-22(15-26)23-18-6-2-4-8-20(18)24(21-9-5-3-7-19(21)23)14-16-10-12-17(25)13-11-16/h4-16H,3,17H2,1-2H3;4-16,20,27H,3,17H2,1-2H3;2-8,10-15H,9,16-17H2,1H3;1-13,17,25H,14-15H2;2-13,25-26H,14-15H2,1H3. The Morgan fingerprint density at radius 1 is 0.406 bits per heavy atom. The zero-order valence-electron chi connectivity index (χ0n) is 78.1. The molecule has 6 heterocycles. The molecule has 1 atom stereocenters. The van der Waals surface area contributed by atoms with E-state index >= 15 is 0 Å². The summed E-state index contributed by atoms with van der Waals surface area (Å²) in [5.41, 5.74) is 36.7. The van der Waals surface area contributed by atoms with Crippen molar-refractivity contribution in [1.29, 1.82) is 0 Å². The van der Waals surface area contributed by atoms with Crippen LogP contribution in [-0.4, -0.2) is 85.3 Å². The molecule has 0 spiro atoms. The van der Waals surface area contributed by atoms with Gasteiger partial charge in [0.25, 0.3) is 0 Å². The van der Waals surface area contributed by atoms with Gasteiger partial charge in [-0.1, -0.05) is 296 Å². The molecule has 1 unspecified atom stereocenters. The molecule has 694 valence electrons. The Kier molecular flexibility index (Phi) is 33.6. The van der Waals surface area contributed by atoms with Gasteiger partial charge in [-0.25, -0.2) is 0 Å². The van der Waals surface area contributed by atoms with Gasteiger partial charge in [-0.15, -0.1) is 70.6 Å². The van der Waals surface area contributed by atoms with Gasteiger partial charge in [0, 0.05) is 161 Å². The zero-order valence-corrected chi connectivity index (χ0v) is 86.0. The molecule has 0 amide bonds. The van der Waals surface area contributed by atoms with E-state index in [1.54, 1.807) is 70.9 Å². The summed E-state index contributed by atoms with van der Waals surface area (Å²) in [5, 5.41) is 29.6. The molecule has 15 aromatic rings. The fourth-order valence-electron chi connectivity index (χ4n) is 18.3. The SMILES string of the molecule is CC(SCCCI)=C1c2ccccc2N(c2ccccc2)c2ccccc21.CCC(O)CSC(C)=C1c2ccccc2N(c2ccccc2)c2ccccc21.CCOC(=O)CSC(C)=C1c2ccccc2N(c2ccccc2)c2ccccc21.CSC(CS)=C1c2ccccc2N(Cc2ccc(O)cc2)c2ccccc21.OC1CSC(=C2c3ccccc3N(c3ccccc3)c3ccccc32)SC1. The second-order valence-electron chi connectivity index (χ2n) is 33.4. The zero-order chi connectivity index (χ0) is 95.4. The molecule has 138 heavy (non-hydrogen) atoms. The summed E-state index contributed by atoms with van der Waals surface area (Å²) in [7, 11) is 0. The second kappa shape index (κ2) is 47.4. The summed E-state index contributed by atoms with van der Waals surface area (Å²) in [4.78, 5) is 28.7. The number of phenols is 1. The van der Waals surface area contributed by atoms with Crippen molar-refractivity contribution >= 4 is 219 Å². The fraction of sp³-hybridized carbons (Fsp3) is 0.158. The number of nitrogens with zero attached hydrogens (tertiary/aromatic N) is 5. The van der Waals surface area contributed by atoms with Gasteiger partial charge in [-0.05, 0) is 194 Å². The number of benzene rings is 15. The minimum Gasteiger partial charge on any atom is -0.508 e. The average molecular weight is 2050 g/mol. The average Bonchev–Trinajstić information content (AvgIpc) is 0.744. The Balaban J connectivity index is 0.000000119. The number of alkyl halides is 1. The highest BCUT2D eigenvalue weighted by Gasteiger charge is 2.36. The molecule has 18 heteroatoms. The quantitative estimate of drug-likeness (QED) is 0.0191. The predicted molar refractivity (Wildman–Crippen MR) is 611 cm³/mol. The first-order valence-corrected chi connectivity index (χ1v) is 54.9. The van der Waals surface area contributed by atoms with Crippen LogP contribution in [0.15, 0.2) is 412 Å². The number of thiol groups is 1. The summed E-state index contributed by atoms with van der Waals surface area (Å²) >= 11 is 17.6. The number of phenolic OH excluding ortho intramolecular Hbond substituents is 1. The summed E-state index contributed by atoms with van der Waals surface area (Å²) < 4.78 is 7.63. The topological polar surface area (TPSA) is 103 Å². The van der Waals surface area contributed by atoms with Crippen molar-refractivity contribution in [1.82, 2.24) is 0 Å². The molecule has 0 aliphatic carbocycles. The Labute approximate surface area is 857 Å². The Bertz CT molecular complexity index is 6700. The number of halogens is 1. The first-order valence-electron chi connectivity index (χ1n) is 46.6. The van der Waals surface area contributed by atoms with E-state index in [0.29, 0.717) is 18.1 Å². The number of aromatic hydroxyl groups is 1. The second-order valence-corrected chi connectivity index (χ2v) is 41.7. The number of carbonyl (C=O) groups is 1. The summed E-state index contributed by atoms with van der Waals surface area (Å²) in [5.74, 6) is 4.57. The van der Waals surface area contributed by atoms with Gasteiger partial charge in [-0.3, -0.25) is 4.79 Å². The van der Waals surface area contributed by atoms with Gasteiger partial charge in [-0.2, -0.15) is 12.6 Å². The molecule has 1 fully saturated rings. The first-order chi connectivity index (χ1) is 67.8. The lowest BCUT2D eigenvalue weighted by Gasteiger charge is -2.36. The van der Waals surface area contributed by atoms with E-state index < -0.39 is 0 Å². The Morgan fingerprint density at radius 2 is 0.703 bits per heavy atom. The smallest absolute Gasteiger partial charge is 0.316 e. The van der Waals surface area contributed by atoms with Crippen LogP contribution >= 0.6 is 106 Å². The summed E-state index contributed by atoms with van der Waals surface area (Å²) in [6.07, 6.45) is 3.65. The number of aliphatic hydroxyl groups excluding tert-OH is 2. The molecule has 0 saturated carbocycles. The summed E-state index contributed by atoms with van der Waals surface area (Å²) in [6, 6.07) is 136. The number of aliphatic hydroxyl groups is 2. The van der Waals surface area contributed by atoms with E-state index in [1.165, 1.54) is 176 Å². The van der Waals surface area contributed by atoms with Crippen LogP contribution in [0.2, 0.25) is 0 Å². The van der Waals surface area contributed by atoms with Gasteiger partial charge in [0.05, 0.1) is 70.1 Å². The minimum absolute atomic E-state index is 0.180. The van der Waals surface area contributed by atoms with E-state index in [1.807, 2.05) is 43.8 Å². The third-order valence-corrected chi connectivity index (χ3v) is 32.8. The molecule has 10 nitrogen and oxygen atoms in total. The highest BCUT2D eigenvalue weighted by Crippen LogP contribution is 2.58. The number of thioether (sulfide) groups is 6. The minimum atomic E-state index is -0.268. The number of allylic oxidation sites excluding steroid dienone is 3. The van der Waals surface area contributed by atoms with Crippen LogP contribution in [0, 0.1) is 0 Å². The maximum absolute atomic E-state index is 11.9. The van der Waals surface area contributed by atoms with Crippen molar-refractivity contribution in [2.75, 3.05) is 76.3 Å². The van der Waals surface area contributed by atoms with Crippen LogP contribution in [0.5, 0.6) is 5.75 Å².